The maximum absolute atomic E-state index is 11.4. The highest BCUT2D eigenvalue weighted by Crippen LogP contribution is 2.21. The van der Waals surface area contributed by atoms with Crippen LogP contribution in [0.2, 0.25) is 0 Å². The van der Waals surface area contributed by atoms with Crippen LogP contribution in [0.15, 0.2) is 46.9 Å². The molecule has 2 rings (SSSR count). The fraction of sp³-hybridized carbons (Fsp3) is 0.375. The van der Waals surface area contributed by atoms with Crippen molar-refractivity contribution in [3.63, 3.8) is 0 Å². The Morgan fingerprint density at radius 2 is 1.86 bits per heavy atom. The van der Waals surface area contributed by atoms with Gasteiger partial charge in [0.15, 0.2) is 0 Å². The molecule has 1 aromatic heterocycles. The van der Waals surface area contributed by atoms with E-state index in [1.807, 2.05) is 49.4 Å². The number of furan rings is 1. The van der Waals surface area contributed by atoms with Crippen LogP contribution < -0.4 is 10.0 Å². The first-order chi connectivity index (χ1) is 10.5. The molecule has 0 saturated carbocycles. The lowest BCUT2D eigenvalue weighted by Crippen LogP contribution is -2.39. The van der Waals surface area contributed by atoms with Crippen molar-refractivity contribution in [2.45, 2.75) is 26.4 Å². The van der Waals surface area contributed by atoms with Crippen LogP contribution >= 0.6 is 0 Å². The summed E-state index contributed by atoms with van der Waals surface area (Å²) in [6.45, 7) is 4.47. The molecule has 2 aromatic rings. The van der Waals surface area contributed by atoms with E-state index in [0.717, 1.165) is 17.1 Å². The third-order valence-corrected chi connectivity index (χ3v) is 4.70. The molecule has 6 heteroatoms. The molecule has 22 heavy (non-hydrogen) atoms. The summed E-state index contributed by atoms with van der Waals surface area (Å²) in [7, 11) is -3.14. The second-order valence-electron chi connectivity index (χ2n) is 5.17. The molecule has 1 aromatic carbocycles. The monoisotopic (exact) mass is 322 g/mol. The third-order valence-electron chi connectivity index (χ3n) is 3.33. The fourth-order valence-corrected chi connectivity index (χ4v) is 2.64. The van der Waals surface area contributed by atoms with E-state index in [1.165, 1.54) is 0 Å². The van der Waals surface area contributed by atoms with Gasteiger partial charge < -0.3 is 9.73 Å². The zero-order chi connectivity index (χ0) is 16.0. The summed E-state index contributed by atoms with van der Waals surface area (Å²) in [6, 6.07) is 13.8. The summed E-state index contributed by atoms with van der Waals surface area (Å²) in [5.41, 5.74) is 1.04. The lowest BCUT2D eigenvalue weighted by atomic mass is 10.2. The van der Waals surface area contributed by atoms with Gasteiger partial charge >= 0.3 is 0 Å². The Balaban J connectivity index is 1.84. The molecule has 0 bridgehead atoms. The Labute approximate surface area is 131 Å². The average Bonchev–Trinajstić information content (AvgIpc) is 3.01. The zero-order valence-corrected chi connectivity index (χ0v) is 13.7. The maximum Gasteiger partial charge on any atom is 0.211 e. The molecule has 0 fully saturated rings. The molecular weight excluding hydrogens is 300 g/mol. The molecule has 0 radical (unpaired) electrons. The SMILES string of the molecule is CCS(=O)(=O)NCC(C)NCc1ccc(-c2ccccc2)o1. The first kappa shape index (κ1) is 16.7. The summed E-state index contributed by atoms with van der Waals surface area (Å²) in [5, 5.41) is 3.24. The van der Waals surface area contributed by atoms with Crippen LogP contribution in [0.1, 0.15) is 19.6 Å². The molecule has 120 valence electrons. The molecule has 1 atom stereocenters. The smallest absolute Gasteiger partial charge is 0.211 e. The van der Waals surface area contributed by atoms with E-state index in [4.69, 9.17) is 4.42 Å². The van der Waals surface area contributed by atoms with E-state index in [9.17, 15) is 8.42 Å². The first-order valence-electron chi connectivity index (χ1n) is 7.35. The third kappa shape index (κ3) is 4.98. The summed E-state index contributed by atoms with van der Waals surface area (Å²) in [4.78, 5) is 0. The second-order valence-corrected chi connectivity index (χ2v) is 7.26. The number of benzene rings is 1. The fourth-order valence-electron chi connectivity index (χ4n) is 1.93. The molecule has 1 unspecified atom stereocenters. The largest absolute Gasteiger partial charge is 0.460 e. The number of hydrogen-bond donors (Lipinski definition) is 2. The first-order valence-corrected chi connectivity index (χ1v) is 9.00. The van der Waals surface area contributed by atoms with Gasteiger partial charge in [-0.2, -0.15) is 0 Å². The van der Waals surface area contributed by atoms with E-state index in [0.29, 0.717) is 13.1 Å². The van der Waals surface area contributed by atoms with Gasteiger partial charge in [0.05, 0.1) is 12.3 Å². The molecule has 0 aliphatic rings. The average molecular weight is 322 g/mol. The summed E-state index contributed by atoms with van der Waals surface area (Å²) in [6.07, 6.45) is 0. The van der Waals surface area contributed by atoms with Gasteiger partial charge in [0, 0.05) is 18.2 Å². The van der Waals surface area contributed by atoms with Crippen LogP contribution in [0, 0.1) is 0 Å². The molecular formula is C16H22N2O3S. The molecule has 0 amide bonds. The van der Waals surface area contributed by atoms with Crippen molar-refractivity contribution < 1.29 is 12.8 Å². The van der Waals surface area contributed by atoms with Crippen LogP contribution in [0.5, 0.6) is 0 Å². The van der Waals surface area contributed by atoms with Crippen LogP contribution in [0.4, 0.5) is 0 Å². The van der Waals surface area contributed by atoms with E-state index >= 15 is 0 Å². The van der Waals surface area contributed by atoms with E-state index in [1.54, 1.807) is 6.92 Å². The molecule has 5 nitrogen and oxygen atoms in total. The summed E-state index contributed by atoms with van der Waals surface area (Å²) < 4.78 is 31.1. The lowest BCUT2D eigenvalue weighted by Gasteiger charge is -2.13. The van der Waals surface area contributed by atoms with Crippen molar-refractivity contribution in [2.24, 2.45) is 0 Å². The molecule has 0 aliphatic heterocycles. The van der Waals surface area contributed by atoms with Crippen molar-refractivity contribution >= 4 is 10.0 Å². The number of nitrogens with one attached hydrogen (secondary N) is 2. The van der Waals surface area contributed by atoms with E-state index in [-0.39, 0.29) is 11.8 Å². The van der Waals surface area contributed by atoms with E-state index < -0.39 is 10.0 Å². The van der Waals surface area contributed by atoms with Crippen molar-refractivity contribution in [3.05, 3.63) is 48.2 Å². The van der Waals surface area contributed by atoms with Crippen molar-refractivity contribution in [1.82, 2.24) is 10.0 Å². The number of sulfonamides is 1. The predicted octanol–water partition coefficient (Wildman–Crippen LogP) is 2.36. The van der Waals surface area contributed by atoms with Gasteiger partial charge in [-0.05, 0) is 26.0 Å². The summed E-state index contributed by atoms with van der Waals surface area (Å²) in [5.74, 6) is 1.75. The molecule has 2 N–H and O–H groups in total. The van der Waals surface area contributed by atoms with Crippen LogP contribution in [-0.2, 0) is 16.6 Å². The molecule has 0 spiro atoms. The zero-order valence-electron chi connectivity index (χ0n) is 12.9. The molecule has 0 aliphatic carbocycles. The lowest BCUT2D eigenvalue weighted by molar-refractivity contribution is 0.458. The molecule has 0 saturated heterocycles. The van der Waals surface area contributed by atoms with Crippen molar-refractivity contribution in [3.8, 4) is 11.3 Å². The Morgan fingerprint density at radius 3 is 2.55 bits per heavy atom. The minimum Gasteiger partial charge on any atom is -0.460 e. The van der Waals surface area contributed by atoms with Crippen LogP contribution in [0.25, 0.3) is 11.3 Å². The maximum atomic E-state index is 11.4. The Hall–Kier alpha value is -1.63. The summed E-state index contributed by atoms with van der Waals surface area (Å²) >= 11 is 0. The number of rotatable bonds is 8. The van der Waals surface area contributed by atoms with Gasteiger partial charge in [0.1, 0.15) is 11.5 Å². The Bertz CT molecular complexity index is 680. The van der Waals surface area contributed by atoms with Crippen molar-refractivity contribution in [2.75, 3.05) is 12.3 Å². The quantitative estimate of drug-likeness (QED) is 0.783. The normalized spacial score (nSPS) is 13.2. The standard InChI is InChI=1S/C16H22N2O3S/c1-3-22(19,20)18-11-13(2)17-12-15-9-10-16(21-15)14-7-5-4-6-8-14/h4-10,13,17-18H,3,11-12H2,1-2H3. The van der Waals surface area contributed by atoms with Gasteiger partial charge in [-0.1, -0.05) is 30.3 Å². The van der Waals surface area contributed by atoms with Gasteiger partial charge in [-0.15, -0.1) is 0 Å². The van der Waals surface area contributed by atoms with E-state index in [2.05, 4.69) is 10.0 Å². The van der Waals surface area contributed by atoms with Gasteiger partial charge in [0.25, 0.3) is 0 Å². The topological polar surface area (TPSA) is 71.3 Å². The molecule has 1 heterocycles. The van der Waals surface area contributed by atoms with Gasteiger partial charge in [-0.25, -0.2) is 13.1 Å². The number of hydrogen-bond acceptors (Lipinski definition) is 4. The van der Waals surface area contributed by atoms with Gasteiger partial charge in [0.2, 0.25) is 10.0 Å². The Morgan fingerprint density at radius 1 is 1.14 bits per heavy atom. The highest BCUT2D eigenvalue weighted by atomic mass is 32.2. The van der Waals surface area contributed by atoms with Crippen LogP contribution in [0.3, 0.4) is 0 Å². The predicted molar refractivity (Wildman–Crippen MR) is 87.9 cm³/mol. The van der Waals surface area contributed by atoms with Crippen molar-refractivity contribution in [1.29, 1.82) is 0 Å². The highest BCUT2D eigenvalue weighted by molar-refractivity contribution is 7.89. The highest BCUT2D eigenvalue weighted by Gasteiger charge is 2.10. The Kier molecular flexibility index (Phi) is 5.76. The minimum atomic E-state index is -3.14. The van der Waals surface area contributed by atoms with Gasteiger partial charge in [-0.3, -0.25) is 0 Å². The minimum absolute atomic E-state index is 0.0200. The van der Waals surface area contributed by atoms with Crippen LogP contribution in [-0.4, -0.2) is 26.8 Å². The second kappa shape index (κ2) is 7.58.